The van der Waals surface area contributed by atoms with Crippen molar-refractivity contribution in [2.45, 2.75) is 6.42 Å². The van der Waals surface area contributed by atoms with Gasteiger partial charge in [-0.15, -0.1) is 0 Å². The number of benzene rings is 1. The number of halogens is 1. The van der Waals surface area contributed by atoms with E-state index < -0.39 is 0 Å². The average Bonchev–Trinajstić information content (AvgIpc) is 2.74. The maximum absolute atomic E-state index is 13.5. The van der Waals surface area contributed by atoms with Crippen LogP contribution in [0, 0.1) is 5.82 Å². The molecule has 3 nitrogen and oxygen atoms in total. The summed E-state index contributed by atoms with van der Waals surface area (Å²) >= 11 is 0. The van der Waals surface area contributed by atoms with Gasteiger partial charge in [-0.1, -0.05) is 24.3 Å². The van der Waals surface area contributed by atoms with Crippen LogP contribution in [0.4, 0.5) is 4.39 Å². The minimum Gasteiger partial charge on any atom is -0.221 e. The van der Waals surface area contributed by atoms with Crippen molar-refractivity contribution >= 4 is 5.65 Å². The van der Waals surface area contributed by atoms with Gasteiger partial charge < -0.3 is 0 Å². The molecular formula is C13H10FN3. The lowest BCUT2D eigenvalue weighted by molar-refractivity contribution is 0.612. The average molecular weight is 227 g/mol. The Labute approximate surface area is 97.5 Å². The zero-order chi connectivity index (χ0) is 11.7. The molecule has 0 amide bonds. The predicted octanol–water partition coefficient (Wildman–Crippen LogP) is 2.46. The summed E-state index contributed by atoms with van der Waals surface area (Å²) in [4.78, 5) is 4.33. The zero-order valence-electron chi connectivity index (χ0n) is 9.05. The molecule has 0 saturated carbocycles. The summed E-state index contributed by atoms with van der Waals surface area (Å²) in [6.45, 7) is 0. The summed E-state index contributed by atoms with van der Waals surface area (Å²) in [5.74, 6) is 0.410. The van der Waals surface area contributed by atoms with Crippen LogP contribution in [0.25, 0.3) is 5.65 Å². The van der Waals surface area contributed by atoms with Crippen LogP contribution < -0.4 is 0 Å². The fraction of sp³-hybridized carbons (Fsp3) is 0.0769. The highest BCUT2D eigenvalue weighted by Crippen LogP contribution is 2.11. The van der Waals surface area contributed by atoms with Crippen molar-refractivity contribution in [3.63, 3.8) is 0 Å². The third-order valence-corrected chi connectivity index (χ3v) is 2.59. The SMILES string of the molecule is Fc1ccccc1Cc1nc2ccccn2n1. The van der Waals surface area contributed by atoms with Gasteiger partial charge in [-0.25, -0.2) is 13.9 Å². The van der Waals surface area contributed by atoms with E-state index in [1.54, 1.807) is 16.6 Å². The predicted molar refractivity (Wildman–Crippen MR) is 62.2 cm³/mol. The summed E-state index contributed by atoms with van der Waals surface area (Å²) in [5, 5.41) is 4.29. The normalized spacial score (nSPS) is 10.9. The Kier molecular flexibility index (Phi) is 2.33. The molecule has 4 heteroatoms. The van der Waals surface area contributed by atoms with Crippen LogP contribution in [-0.2, 0) is 6.42 Å². The number of fused-ring (bicyclic) bond motifs is 1. The first-order valence-electron chi connectivity index (χ1n) is 5.36. The molecule has 0 atom stereocenters. The van der Waals surface area contributed by atoms with Gasteiger partial charge in [-0.05, 0) is 23.8 Å². The second kappa shape index (κ2) is 3.97. The molecule has 0 bridgehead atoms. The van der Waals surface area contributed by atoms with E-state index in [4.69, 9.17) is 0 Å². The number of pyridine rings is 1. The monoisotopic (exact) mass is 227 g/mol. The van der Waals surface area contributed by atoms with Crippen LogP contribution in [0.5, 0.6) is 0 Å². The molecule has 2 aromatic heterocycles. The molecule has 0 radical (unpaired) electrons. The number of rotatable bonds is 2. The summed E-state index contributed by atoms with van der Waals surface area (Å²) in [6.07, 6.45) is 2.24. The van der Waals surface area contributed by atoms with Gasteiger partial charge in [0.25, 0.3) is 0 Å². The number of hydrogen-bond donors (Lipinski definition) is 0. The van der Waals surface area contributed by atoms with Crippen LogP contribution in [-0.4, -0.2) is 14.6 Å². The highest BCUT2D eigenvalue weighted by atomic mass is 19.1. The van der Waals surface area contributed by atoms with Crippen molar-refractivity contribution in [1.29, 1.82) is 0 Å². The van der Waals surface area contributed by atoms with Crippen molar-refractivity contribution < 1.29 is 4.39 Å². The number of nitrogens with zero attached hydrogens (tertiary/aromatic N) is 3. The van der Waals surface area contributed by atoms with Crippen molar-refractivity contribution in [2.24, 2.45) is 0 Å². The van der Waals surface area contributed by atoms with Crippen LogP contribution in [0.15, 0.2) is 48.7 Å². The quantitative estimate of drug-likeness (QED) is 0.673. The van der Waals surface area contributed by atoms with E-state index in [1.165, 1.54) is 6.07 Å². The summed E-state index contributed by atoms with van der Waals surface area (Å²) in [7, 11) is 0. The zero-order valence-corrected chi connectivity index (χ0v) is 9.05. The molecule has 3 rings (SSSR count). The van der Waals surface area contributed by atoms with Crippen LogP contribution in [0.2, 0.25) is 0 Å². The molecule has 3 aromatic rings. The standard InChI is InChI=1S/C13H10FN3/c14-11-6-2-1-5-10(11)9-12-15-13-7-3-4-8-17(13)16-12/h1-8H,9H2. The molecule has 0 aliphatic rings. The second-order valence-electron chi connectivity index (χ2n) is 3.80. The first kappa shape index (κ1) is 9.96. The van der Waals surface area contributed by atoms with E-state index in [1.807, 2.05) is 30.5 Å². The molecule has 0 N–H and O–H groups in total. The third kappa shape index (κ3) is 1.89. The summed E-state index contributed by atoms with van der Waals surface area (Å²) in [5.41, 5.74) is 1.39. The lowest BCUT2D eigenvalue weighted by Gasteiger charge is -1.97. The number of hydrogen-bond acceptors (Lipinski definition) is 2. The highest BCUT2D eigenvalue weighted by Gasteiger charge is 2.07. The van der Waals surface area contributed by atoms with Gasteiger partial charge in [0.05, 0.1) is 0 Å². The molecule has 0 aliphatic carbocycles. The van der Waals surface area contributed by atoms with Gasteiger partial charge in [0.15, 0.2) is 11.5 Å². The Balaban J connectivity index is 1.98. The Hall–Kier alpha value is -2.23. The molecule has 0 saturated heterocycles. The molecule has 0 spiro atoms. The van der Waals surface area contributed by atoms with Crippen LogP contribution >= 0.6 is 0 Å². The maximum Gasteiger partial charge on any atom is 0.156 e. The molecule has 1 aromatic carbocycles. The fourth-order valence-electron chi connectivity index (χ4n) is 1.76. The van der Waals surface area contributed by atoms with Gasteiger partial charge in [-0.3, -0.25) is 0 Å². The van der Waals surface area contributed by atoms with Gasteiger partial charge in [0.2, 0.25) is 0 Å². The van der Waals surface area contributed by atoms with Gasteiger partial charge in [-0.2, -0.15) is 5.10 Å². The van der Waals surface area contributed by atoms with Crippen LogP contribution in [0.3, 0.4) is 0 Å². The van der Waals surface area contributed by atoms with E-state index in [9.17, 15) is 4.39 Å². The Bertz CT molecular complexity index is 627. The molecule has 17 heavy (non-hydrogen) atoms. The smallest absolute Gasteiger partial charge is 0.156 e. The fourth-order valence-corrected chi connectivity index (χ4v) is 1.76. The molecule has 0 fully saturated rings. The summed E-state index contributed by atoms with van der Waals surface area (Å²) in [6, 6.07) is 12.3. The Morgan fingerprint density at radius 2 is 1.88 bits per heavy atom. The lowest BCUT2D eigenvalue weighted by Crippen LogP contribution is -1.94. The maximum atomic E-state index is 13.5. The molecule has 0 unspecified atom stereocenters. The Morgan fingerprint density at radius 3 is 2.71 bits per heavy atom. The van der Waals surface area contributed by atoms with E-state index in [-0.39, 0.29) is 5.82 Å². The minimum atomic E-state index is -0.216. The van der Waals surface area contributed by atoms with E-state index >= 15 is 0 Å². The molecule has 0 aliphatic heterocycles. The molecule has 2 heterocycles. The van der Waals surface area contributed by atoms with Crippen molar-refractivity contribution in [2.75, 3.05) is 0 Å². The number of aromatic nitrogens is 3. The molecular weight excluding hydrogens is 217 g/mol. The lowest BCUT2D eigenvalue weighted by atomic mass is 10.1. The third-order valence-electron chi connectivity index (χ3n) is 2.59. The van der Waals surface area contributed by atoms with Crippen molar-refractivity contribution in [3.8, 4) is 0 Å². The molecule has 84 valence electrons. The van der Waals surface area contributed by atoms with E-state index in [2.05, 4.69) is 10.1 Å². The van der Waals surface area contributed by atoms with Gasteiger partial charge in [0.1, 0.15) is 5.82 Å². The van der Waals surface area contributed by atoms with Crippen molar-refractivity contribution in [3.05, 3.63) is 65.9 Å². The van der Waals surface area contributed by atoms with Crippen LogP contribution in [0.1, 0.15) is 11.4 Å². The first-order chi connectivity index (χ1) is 8.33. The van der Waals surface area contributed by atoms with Crippen molar-refractivity contribution in [1.82, 2.24) is 14.6 Å². The van der Waals surface area contributed by atoms with Gasteiger partial charge in [0, 0.05) is 12.6 Å². The second-order valence-corrected chi connectivity index (χ2v) is 3.80. The largest absolute Gasteiger partial charge is 0.221 e. The topological polar surface area (TPSA) is 30.2 Å². The van der Waals surface area contributed by atoms with Gasteiger partial charge >= 0.3 is 0 Å². The van der Waals surface area contributed by atoms with E-state index in [0.717, 1.165) is 5.65 Å². The minimum absolute atomic E-state index is 0.216. The highest BCUT2D eigenvalue weighted by molar-refractivity contribution is 5.37. The first-order valence-corrected chi connectivity index (χ1v) is 5.36. The summed E-state index contributed by atoms with van der Waals surface area (Å²) < 4.78 is 15.2. The Morgan fingerprint density at radius 1 is 1.06 bits per heavy atom. The van der Waals surface area contributed by atoms with E-state index in [0.29, 0.717) is 17.8 Å².